The van der Waals surface area contributed by atoms with E-state index in [1.165, 1.54) is 116 Å². The second-order valence-electron chi connectivity index (χ2n) is 18.8. The monoisotopic (exact) mass is 1010 g/mol. The summed E-state index contributed by atoms with van der Waals surface area (Å²) in [5.41, 5.74) is 5.38. The highest BCUT2D eigenvalue weighted by Gasteiger charge is 2.26. The number of hydrogen-bond acceptors (Lipinski definition) is 8. The van der Waals surface area contributed by atoms with Gasteiger partial charge < -0.3 is 20.1 Å². The summed E-state index contributed by atoms with van der Waals surface area (Å²) in [6, 6.07) is 0. The van der Waals surface area contributed by atoms with Crippen LogP contribution in [0.2, 0.25) is 0 Å². The molecule has 0 heterocycles. The summed E-state index contributed by atoms with van der Waals surface area (Å²) in [4.78, 5) is 35.2. The molecule has 0 bridgehead atoms. The third-order valence-electron chi connectivity index (χ3n) is 12.0. The zero-order valence-electron chi connectivity index (χ0n) is 45.4. The maximum atomic E-state index is 12.7. The van der Waals surface area contributed by atoms with E-state index >= 15 is 0 Å². The molecular weight excluding hydrogens is 906 g/mol. The van der Waals surface area contributed by atoms with Crippen LogP contribution in [-0.4, -0.2) is 49.3 Å². The third-order valence-corrected chi connectivity index (χ3v) is 12.9. The molecule has 10 heteroatoms. The van der Waals surface area contributed by atoms with Crippen molar-refractivity contribution in [2.45, 2.75) is 251 Å². The zero-order valence-corrected chi connectivity index (χ0v) is 46.3. The van der Waals surface area contributed by atoms with Gasteiger partial charge in [-0.25, -0.2) is 4.57 Å². The van der Waals surface area contributed by atoms with Gasteiger partial charge in [-0.1, -0.05) is 233 Å². The topological polar surface area (TPSA) is 134 Å². The molecule has 9 nitrogen and oxygen atoms in total. The minimum atomic E-state index is -4.40. The molecule has 0 aromatic rings. The Balaban J connectivity index is 4.03. The van der Waals surface area contributed by atoms with Crippen LogP contribution in [0.15, 0.2) is 97.2 Å². The van der Waals surface area contributed by atoms with Crippen LogP contribution >= 0.6 is 7.82 Å². The highest BCUT2D eigenvalue weighted by Crippen LogP contribution is 2.43. The van der Waals surface area contributed by atoms with Crippen molar-refractivity contribution in [3.63, 3.8) is 0 Å². The predicted molar refractivity (Wildman–Crippen MR) is 302 cm³/mol. The van der Waals surface area contributed by atoms with Crippen molar-refractivity contribution >= 4 is 19.8 Å². The zero-order chi connectivity index (χ0) is 51.7. The van der Waals surface area contributed by atoms with Crippen molar-refractivity contribution in [1.82, 2.24) is 0 Å². The number of nitrogens with two attached hydrogens (primary N) is 1. The molecule has 0 amide bonds. The second-order valence-corrected chi connectivity index (χ2v) is 20.2. The summed E-state index contributed by atoms with van der Waals surface area (Å²) >= 11 is 0. The summed E-state index contributed by atoms with van der Waals surface area (Å²) in [5.74, 6) is -0.841. The van der Waals surface area contributed by atoms with Crippen LogP contribution in [0.1, 0.15) is 245 Å². The van der Waals surface area contributed by atoms with Gasteiger partial charge in [-0.3, -0.25) is 18.6 Å². The highest BCUT2D eigenvalue weighted by molar-refractivity contribution is 7.47. The van der Waals surface area contributed by atoms with Gasteiger partial charge in [0.05, 0.1) is 13.2 Å². The fraction of sp³-hybridized carbons (Fsp3) is 0.705. The highest BCUT2D eigenvalue weighted by atomic mass is 31.2. The lowest BCUT2D eigenvalue weighted by atomic mass is 10.0. The largest absolute Gasteiger partial charge is 0.472 e. The molecule has 0 rings (SSSR count). The fourth-order valence-corrected chi connectivity index (χ4v) is 8.49. The van der Waals surface area contributed by atoms with Crippen LogP contribution in [0.3, 0.4) is 0 Å². The van der Waals surface area contributed by atoms with E-state index in [4.69, 9.17) is 24.3 Å². The van der Waals surface area contributed by atoms with Gasteiger partial charge in [0, 0.05) is 19.4 Å². The maximum absolute atomic E-state index is 12.7. The van der Waals surface area contributed by atoms with E-state index in [2.05, 4.69) is 111 Å². The lowest BCUT2D eigenvalue weighted by Gasteiger charge is -2.19. The number of unbranched alkanes of at least 4 members (excludes halogenated alkanes) is 24. The van der Waals surface area contributed by atoms with Gasteiger partial charge in [0.1, 0.15) is 6.61 Å². The van der Waals surface area contributed by atoms with Gasteiger partial charge in [0.2, 0.25) is 0 Å². The number of hydrogen-bond donors (Lipinski definition) is 2. The molecule has 71 heavy (non-hydrogen) atoms. The van der Waals surface area contributed by atoms with Crippen molar-refractivity contribution in [3.05, 3.63) is 97.2 Å². The van der Waals surface area contributed by atoms with E-state index in [9.17, 15) is 19.0 Å². The Morgan fingerprint density at radius 3 is 1.15 bits per heavy atom. The molecule has 2 atom stereocenters. The molecule has 408 valence electrons. The fourth-order valence-electron chi connectivity index (χ4n) is 7.73. The average Bonchev–Trinajstić information content (AvgIpc) is 3.36. The summed E-state index contributed by atoms with van der Waals surface area (Å²) in [6.07, 6.45) is 74.5. The number of carbonyl (C=O) groups excluding carboxylic acids is 2. The average molecular weight is 1010 g/mol. The van der Waals surface area contributed by atoms with E-state index < -0.39 is 26.5 Å². The van der Waals surface area contributed by atoms with Crippen molar-refractivity contribution in [2.24, 2.45) is 5.73 Å². The normalized spacial score (nSPS) is 13.8. The van der Waals surface area contributed by atoms with Crippen LogP contribution in [0.25, 0.3) is 0 Å². The van der Waals surface area contributed by atoms with Gasteiger partial charge in [0.25, 0.3) is 0 Å². The van der Waals surface area contributed by atoms with Crippen LogP contribution in [0.5, 0.6) is 0 Å². The van der Waals surface area contributed by atoms with Gasteiger partial charge in [0.15, 0.2) is 6.10 Å². The Morgan fingerprint density at radius 2 is 0.775 bits per heavy atom. The van der Waals surface area contributed by atoms with Crippen LogP contribution < -0.4 is 5.73 Å². The van der Waals surface area contributed by atoms with E-state index in [-0.39, 0.29) is 38.6 Å². The first-order chi connectivity index (χ1) is 34.8. The molecule has 0 aliphatic carbocycles. The quantitative estimate of drug-likeness (QED) is 0.0264. The molecule has 0 aromatic heterocycles. The summed E-state index contributed by atoms with van der Waals surface area (Å²) in [6.45, 7) is 3.61. The van der Waals surface area contributed by atoms with Crippen LogP contribution in [0.4, 0.5) is 0 Å². The number of carbonyl (C=O) groups is 2. The maximum Gasteiger partial charge on any atom is 0.472 e. The molecule has 2 unspecified atom stereocenters. The van der Waals surface area contributed by atoms with Gasteiger partial charge in [-0.15, -0.1) is 0 Å². The van der Waals surface area contributed by atoms with Crippen LogP contribution in [-0.2, 0) is 32.7 Å². The molecule has 0 spiro atoms. The lowest BCUT2D eigenvalue weighted by Crippen LogP contribution is -2.29. The molecular formula is C61H106NO8P. The Kier molecular flexibility index (Phi) is 53.8. The number of esters is 2. The summed E-state index contributed by atoms with van der Waals surface area (Å²) in [7, 11) is -4.40. The van der Waals surface area contributed by atoms with E-state index in [0.29, 0.717) is 6.42 Å². The molecule has 0 aromatic carbocycles. The Bertz CT molecular complexity index is 1480. The predicted octanol–water partition coefficient (Wildman–Crippen LogP) is 18.1. The molecule has 0 fully saturated rings. The molecule has 0 saturated heterocycles. The summed E-state index contributed by atoms with van der Waals surface area (Å²) in [5, 5.41) is 0. The van der Waals surface area contributed by atoms with Crippen molar-refractivity contribution in [2.75, 3.05) is 26.4 Å². The first-order valence-corrected chi connectivity index (χ1v) is 30.2. The Hall–Kier alpha value is -3.07. The molecule has 3 N–H and O–H groups in total. The Morgan fingerprint density at radius 1 is 0.437 bits per heavy atom. The molecule has 0 aliphatic heterocycles. The van der Waals surface area contributed by atoms with Gasteiger partial charge >= 0.3 is 19.8 Å². The Labute approximate surface area is 436 Å². The van der Waals surface area contributed by atoms with Gasteiger partial charge in [-0.2, -0.15) is 0 Å². The van der Waals surface area contributed by atoms with Gasteiger partial charge in [-0.05, 0) is 96.3 Å². The van der Waals surface area contributed by atoms with E-state index in [0.717, 1.165) is 96.3 Å². The van der Waals surface area contributed by atoms with Crippen molar-refractivity contribution in [1.29, 1.82) is 0 Å². The number of ether oxygens (including phenoxy) is 2. The third kappa shape index (κ3) is 56.1. The minimum Gasteiger partial charge on any atom is -0.462 e. The SMILES string of the molecule is CC/C=C\C/C=C\C/C=C\C/C=C\C/C=C\CCCCCCCCCCCC(=O)OC(COC(=O)CCCCCCCCCCCC/C=C\C/C=C\C/C=C\CCCCCCC)COP(=O)(O)OCCN. The smallest absolute Gasteiger partial charge is 0.462 e. The van der Waals surface area contributed by atoms with Crippen molar-refractivity contribution < 1.29 is 37.6 Å². The summed E-state index contributed by atoms with van der Waals surface area (Å²) < 4.78 is 33.0. The van der Waals surface area contributed by atoms with E-state index in [1.807, 2.05) is 0 Å². The standard InChI is InChI=1S/C61H106NO8P/c1-3-5-7-9-11-13-15-17-19-21-23-25-27-29-31-33-35-37-39-41-43-45-47-49-51-53-60(63)67-57-59(58-69-71(65,66)68-56-55-62)70-61(64)54-52-50-48-46-44-42-40-38-36-34-32-30-28-26-24-22-20-18-16-14-12-10-8-6-4-2/h6,8,12,14-15,17-18,20-21,23-24,26-27,29-30,32,59H,3-5,7,9-11,13,16,19,22,25,28,31,33-58,62H2,1-2H3,(H,65,66)/b8-6-,14-12-,17-15-,20-18-,23-21-,26-24-,29-27-,32-30-. The minimum absolute atomic E-state index is 0.0472. The molecule has 0 radical (unpaired) electrons. The lowest BCUT2D eigenvalue weighted by molar-refractivity contribution is -0.161. The first kappa shape index (κ1) is 67.9. The number of allylic oxidation sites excluding steroid dienone is 16. The molecule has 0 saturated carbocycles. The molecule has 0 aliphatic rings. The van der Waals surface area contributed by atoms with Crippen LogP contribution in [0, 0.1) is 0 Å². The first-order valence-electron chi connectivity index (χ1n) is 28.7. The number of rotatable bonds is 53. The second kappa shape index (κ2) is 56.2. The number of phosphoric ester groups is 1. The number of phosphoric acid groups is 1. The van der Waals surface area contributed by atoms with E-state index in [1.54, 1.807) is 0 Å². The van der Waals surface area contributed by atoms with Crippen molar-refractivity contribution in [3.8, 4) is 0 Å².